The molecule has 2 aromatic rings. The molecule has 0 bridgehead atoms. The highest BCUT2D eigenvalue weighted by molar-refractivity contribution is 7.13. The van der Waals surface area contributed by atoms with Crippen LogP contribution in [0.3, 0.4) is 0 Å². The molecule has 0 aliphatic carbocycles. The number of nitrogens with zero attached hydrogens (tertiary/aromatic N) is 3. The zero-order valence-corrected chi connectivity index (χ0v) is 11.6. The van der Waals surface area contributed by atoms with Crippen LogP contribution in [-0.2, 0) is 0 Å². The van der Waals surface area contributed by atoms with E-state index < -0.39 is 0 Å². The summed E-state index contributed by atoms with van der Waals surface area (Å²) in [6, 6.07) is 5.84. The van der Waals surface area contributed by atoms with E-state index in [2.05, 4.69) is 22.1 Å². The van der Waals surface area contributed by atoms with Crippen molar-refractivity contribution >= 4 is 17.2 Å². The maximum absolute atomic E-state index is 12.3. The highest BCUT2D eigenvalue weighted by atomic mass is 32.1. The fourth-order valence-corrected chi connectivity index (χ4v) is 2.85. The molecule has 1 aliphatic heterocycles. The molecule has 0 atom stereocenters. The summed E-state index contributed by atoms with van der Waals surface area (Å²) in [7, 11) is 2.07. The number of hydrogen-bond donors (Lipinski definition) is 1. The van der Waals surface area contributed by atoms with E-state index in [1.54, 1.807) is 11.3 Å². The predicted molar refractivity (Wildman–Crippen MR) is 75.3 cm³/mol. The van der Waals surface area contributed by atoms with E-state index in [0.717, 1.165) is 36.8 Å². The molecule has 19 heavy (non-hydrogen) atoms. The third kappa shape index (κ3) is 2.54. The summed E-state index contributed by atoms with van der Waals surface area (Å²) < 4.78 is 0. The summed E-state index contributed by atoms with van der Waals surface area (Å²) in [5.74, 6) is 0.0205. The molecule has 100 valence electrons. The summed E-state index contributed by atoms with van der Waals surface area (Å²) in [5.41, 5.74) is 1.42. The molecular weight excluding hydrogens is 260 g/mol. The maximum atomic E-state index is 12.3. The smallest absolute Gasteiger partial charge is 0.274 e. The third-order valence-electron chi connectivity index (χ3n) is 3.37. The quantitative estimate of drug-likeness (QED) is 0.905. The molecule has 1 fully saturated rings. The van der Waals surface area contributed by atoms with E-state index in [9.17, 15) is 4.79 Å². The van der Waals surface area contributed by atoms with Crippen molar-refractivity contribution in [2.45, 2.75) is 0 Å². The number of piperazine rings is 1. The van der Waals surface area contributed by atoms with Crippen LogP contribution in [0.4, 0.5) is 0 Å². The summed E-state index contributed by atoms with van der Waals surface area (Å²) >= 11 is 1.63. The van der Waals surface area contributed by atoms with Gasteiger partial charge in [0.25, 0.3) is 5.91 Å². The number of likely N-dealkylation sites (N-methyl/N-ethyl adjacent to an activating group) is 1. The van der Waals surface area contributed by atoms with Gasteiger partial charge in [0, 0.05) is 26.2 Å². The van der Waals surface area contributed by atoms with Gasteiger partial charge in [-0.25, -0.2) is 0 Å². The van der Waals surface area contributed by atoms with Crippen LogP contribution < -0.4 is 0 Å². The van der Waals surface area contributed by atoms with Gasteiger partial charge in [-0.3, -0.25) is 9.89 Å². The van der Waals surface area contributed by atoms with Gasteiger partial charge in [0.1, 0.15) is 0 Å². The fourth-order valence-electron chi connectivity index (χ4n) is 2.16. The number of hydrogen-bond acceptors (Lipinski definition) is 4. The fraction of sp³-hybridized carbons (Fsp3) is 0.385. The minimum absolute atomic E-state index is 0.0205. The highest BCUT2D eigenvalue weighted by Gasteiger charge is 2.22. The molecule has 1 N–H and O–H groups in total. The maximum Gasteiger partial charge on any atom is 0.274 e. The van der Waals surface area contributed by atoms with Gasteiger partial charge in [0.15, 0.2) is 5.69 Å². The largest absolute Gasteiger partial charge is 0.335 e. The van der Waals surface area contributed by atoms with Crippen LogP contribution in [-0.4, -0.2) is 59.1 Å². The SMILES string of the molecule is CN1CCN(C(=O)c2cc(-c3cccs3)[nH]n2)CC1. The Bertz CT molecular complexity index is 555. The van der Waals surface area contributed by atoms with Crippen LogP contribution in [0.1, 0.15) is 10.5 Å². The first-order valence-corrected chi connectivity index (χ1v) is 7.19. The molecule has 3 heterocycles. The lowest BCUT2D eigenvalue weighted by Gasteiger charge is -2.31. The van der Waals surface area contributed by atoms with Gasteiger partial charge >= 0.3 is 0 Å². The molecule has 0 unspecified atom stereocenters. The lowest BCUT2D eigenvalue weighted by molar-refractivity contribution is 0.0658. The van der Waals surface area contributed by atoms with Crippen LogP contribution in [0.25, 0.3) is 10.6 Å². The Morgan fingerprint density at radius 3 is 2.84 bits per heavy atom. The van der Waals surface area contributed by atoms with Gasteiger partial charge in [0.05, 0.1) is 10.6 Å². The number of H-pyrrole nitrogens is 1. The van der Waals surface area contributed by atoms with Crippen LogP contribution in [0, 0.1) is 0 Å². The predicted octanol–water partition coefficient (Wildman–Crippen LogP) is 1.53. The van der Waals surface area contributed by atoms with Gasteiger partial charge in [-0.15, -0.1) is 11.3 Å². The van der Waals surface area contributed by atoms with Crippen molar-refractivity contribution in [2.75, 3.05) is 33.2 Å². The second kappa shape index (κ2) is 5.14. The number of rotatable bonds is 2. The molecule has 1 aliphatic rings. The minimum atomic E-state index is 0.0205. The van der Waals surface area contributed by atoms with E-state index in [1.165, 1.54) is 0 Å². The van der Waals surface area contributed by atoms with Crippen molar-refractivity contribution in [3.05, 3.63) is 29.3 Å². The van der Waals surface area contributed by atoms with E-state index in [-0.39, 0.29) is 5.91 Å². The zero-order chi connectivity index (χ0) is 13.2. The number of aromatic amines is 1. The molecular formula is C13H16N4OS. The highest BCUT2D eigenvalue weighted by Crippen LogP contribution is 2.23. The molecule has 0 radical (unpaired) electrons. The summed E-state index contributed by atoms with van der Waals surface area (Å²) in [5, 5.41) is 9.09. The van der Waals surface area contributed by atoms with Crippen molar-refractivity contribution in [2.24, 2.45) is 0 Å². The Hall–Kier alpha value is -1.66. The Kier molecular flexibility index (Phi) is 3.35. The van der Waals surface area contributed by atoms with Crippen LogP contribution >= 0.6 is 11.3 Å². The second-order valence-corrected chi connectivity index (χ2v) is 5.69. The summed E-state index contributed by atoms with van der Waals surface area (Å²) in [6.07, 6.45) is 0. The van der Waals surface area contributed by atoms with E-state index in [0.29, 0.717) is 5.69 Å². The molecule has 0 aromatic carbocycles. The number of carbonyl (C=O) groups excluding carboxylic acids is 1. The first-order valence-electron chi connectivity index (χ1n) is 6.31. The van der Waals surface area contributed by atoms with E-state index in [4.69, 9.17) is 0 Å². The average Bonchev–Trinajstić information content (AvgIpc) is 3.10. The number of nitrogens with one attached hydrogen (secondary N) is 1. The minimum Gasteiger partial charge on any atom is -0.335 e. The van der Waals surface area contributed by atoms with Crippen molar-refractivity contribution in [1.29, 1.82) is 0 Å². The number of aromatic nitrogens is 2. The van der Waals surface area contributed by atoms with E-state index >= 15 is 0 Å². The molecule has 5 nitrogen and oxygen atoms in total. The van der Waals surface area contributed by atoms with Gasteiger partial charge < -0.3 is 9.80 Å². The van der Waals surface area contributed by atoms with Crippen molar-refractivity contribution in [3.63, 3.8) is 0 Å². The van der Waals surface area contributed by atoms with Crippen LogP contribution in [0.5, 0.6) is 0 Å². The summed E-state index contributed by atoms with van der Waals surface area (Å²) in [6.45, 7) is 3.40. The van der Waals surface area contributed by atoms with Gasteiger partial charge in [-0.1, -0.05) is 6.07 Å². The lowest BCUT2D eigenvalue weighted by Crippen LogP contribution is -2.47. The molecule has 1 amide bonds. The number of thiophene rings is 1. The van der Waals surface area contributed by atoms with Gasteiger partial charge in [-0.2, -0.15) is 5.10 Å². The lowest BCUT2D eigenvalue weighted by atomic mass is 10.2. The van der Waals surface area contributed by atoms with Crippen LogP contribution in [0.15, 0.2) is 23.6 Å². The Balaban J connectivity index is 1.74. The standard InChI is InChI=1S/C13H16N4OS/c1-16-4-6-17(7-5-16)13(18)11-9-10(14-15-11)12-3-2-8-19-12/h2-3,8-9H,4-7H2,1H3,(H,14,15). The number of amides is 1. The first kappa shape index (κ1) is 12.4. The topological polar surface area (TPSA) is 52.2 Å². The summed E-state index contributed by atoms with van der Waals surface area (Å²) in [4.78, 5) is 17.5. The molecule has 2 aromatic heterocycles. The Morgan fingerprint density at radius 1 is 1.37 bits per heavy atom. The zero-order valence-electron chi connectivity index (χ0n) is 10.8. The van der Waals surface area contributed by atoms with E-state index in [1.807, 2.05) is 28.5 Å². The molecule has 3 rings (SSSR count). The van der Waals surface area contributed by atoms with Gasteiger partial charge in [-0.05, 0) is 24.6 Å². The van der Waals surface area contributed by atoms with Crippen molar-refractivity contribution in [1.82, 2.24) is 20.0 Å². The monoisotopic (exact) mass is 276 g/mol. The molecule has 0 saturated carbocycles. The van der Waals surface area contributed by atoms with Crippen LogP contribution in [0.2, 0.25) is 0 Å². The second-order valence-electron chi connectivity index (χ2n) is 4.74. The molecule has 6 heteroatoms. The van der Waals surface area contributed by atoms with Crippen molar-refractivity contribution < 1.29 is 4.79 Å². The molecule has 0 spiro atoms. The first-order chi connectivity index (χ1) is 9.24. The number of carbonyl (C=O) groups is 1. The Morgan fingerprint density at radius 2 is 2.16 bits per heavy atom. The normalized spacial score (nSPS) is 16.8. The Labute approximate surface area is 115 Å². The van der Waals surface area contributed by atoms with Crippen molar-refractivity contribution in [3.8, 4) is 10.6 Å². The van der Waals surface area contributed by atoms with Gasteiger partial charge in [0.2, 0.25) is 0 Å². The molecule has 1 saturated heterocycles. The average molecular weight is 276 g/mol. The third-order valence-corrected chi connectivity index (χ3v) is 4.28.